The molecule has 0 unspecified atom stereocenters. The number of anilines is 3. The number of thiophene rings is 1. The Labute approximate surface area is 237 Å². The van der Waals surface area contributed by atoms with Crippen LogP contribution < -0.4 is 4.90 Å². The van der Waals surface area contributed by atoms with Gasteiger partial charge in [-0.3, -0.25) is 0 Å². The summed E-state index contributed by atoms with van der Waals surface area (Å²) in [7, 11) is 0. The lowest BCUT2D eigenvalue weighted by molar-refractivity contribution is 1.32. The van der Waals surface area contributed by atoms with Crippen LogP contribution in [0.5, 0.6) is 0 Å². The van der Waals surface area contributed by atoms with Gasteiger partial charge in [0.25, 0.3) is 0 Å². The first-order valence-corrected chi connectivity index (χ1v) is 14.4. The predicted octanol–water partition coefficient (Wildman–Crippen LogP) is 11.5. The summed E-state index contributed by atoms with van der Waals surface area (Å²) in [6.07, 6.45) is 0. The molecule has 188 valence electrons. The molecule has 1 heterocycles. The second-order valence-electron chi connectivity index (χ2n) is 10.1. The van der Waals surface area contributed by atoms with Crippen molar-refractivity contribution in [1.82, 2.24) is 0 Å². The van der Waals surface area contributed by atoms with Crippen LogP contribution in [0.3, 0.4) is 0 Å². The maximum Gasteiger partial charge on any atom is 0.0547 e. The lowest BCUT2D eigenvalue weighted by atomic mass is 9.97. The van der Waals surface area contributed by atoms with Crippen LogP contribution >= 0.6 is 11.3 Å². The van der Waals surface area contributed by atoms with Crippen molar-refractivity contribution in [2.75, 3.05) is 4.90 Å². The van der Waals surface area contributed by atoms with Crippen molar-refractivity contribution in [3.05, 3.63) is 152 Å². The van der Waals surface area contributed by atoms with E-state index < -0.39 is 0 Å². The number of fused-ring (bicyclic) bond motifs is 6. The monoisotopic (exact) mass is 527 g/mol. The number of rotatable bonds is 4. The fraction of sp³-hybridized carbons (Fsp3) is 0. The van der Waals surface area contributed by atoms with Crippen LogP contribution in [0.4, 0.5) is 17.1 Å². The fourth-order valence-electron chi connectivity index (χ4n) is 6.06. The van der Waals surface area contributed by atoms with Gasteiger partial charge in [0.1, 0.15) is 0 Å². The number of para-hydroxylation sites is 1. The van der Waals surface area contributed by atoms with Crippen LogP contribution in [0.25, 0.3) is 52.8 Å². The lowest BCUT2D eigenvalue weighted by Gasteiger charge is -2.28. The SMILES string of the molecule is c1ccc(-c2cccc3sc4c5ccccc5c(N(c5ccccc5)c5cccc6ccccc56)cc4c23)cc1. The molecule has 0 aliphatic carbocycles. The van der Waals surface area contributed by atoms with Gasteiger partial charge in [0.05, 0.1) is 11.4 Å². The molecule has 40 heavy (non-hydrogen) atoms. The molecule has 0 atom stereocenters. The Bertz CT molecular complexity index is 2150. The summed E-state index contributed by atoms with van der Waals surface area (Å²) < 4.78 is 2.65. The molecule has 0 aliphatic heterocycles. The Kier molecular flexibility index (Phi) is 5.39. The van der Waals surface area contributed by atoms with Crippen LogP contribution in [-0.2, 0) is 0 Å². The topological polar surface area (TPSA) is 3.24 Å². The lowest BCUT2D eigenvalue weighted by Crippen LogP contribution is -2.11. The van der Waals surface area contributed by atoms with Gasteiger partial charge in [-0.1, -0.05) is 121 Å². The average molecular weight is 528 g/mol. The number of nitrogens with zero attached hydrogens (tertiary/aromatic N) is 1. The van der Waals surface area contributed by atoms with Gasteiger partial charge in [-0.25, -0.2) is 0 Å². The minimum absolute atomic E-state index is 1.14. The van der Waals surface area contributed by atoms with E-state index >= 15 is 0 Å². The molecule has 0 saturated carbocycles. The molecule has 8 rings (SSSR count). The molecule has 2 heteroatoms. The van der Waals surface area contributed by atoms with E-state index in [1.165, 1.54) is 64.2 Å². The number of benzene rings is 7. The predicted molar refractivity (Wildman–Crippen MR) is 174 cm³/mol. The Balaban J connectivity index is 1.52. The zero-order valence-corrected chi connectivity index (χ0v) is 22.6. The zero-order chi connectivity index (χ0) is 26.5. The maximum absolute atomic E-state index is 2.44. The quantitative estimate of drug-likeness (QED) is 0.220. The highest BCUT2D eigenvalue weighted by atomic mass is 32.1. The third-order valence-electron chi connectivity index (χ3n) is 7.83. The first kappa shape index (κ1) is 23.0. The first-order valence-electron chi connectivity index (χ1n) is 13.6. The van der Waals surface area contributed by atoms with E-state index in [2.05, 4.69) is 157 Å². The Morgan fingerprint density at radius 3 is 1.93 bits per heavy atom. The van der Waals surface area contributed by atoms with Crippen LogP contribution in [-0.4, -0.2) is 0 Å². The summed E-state index contributed by atoms with van der Waals surface area (Å²) in [4.78, 5) is 2.44. The highest BCUT2D eigenvalue weighted by molar-refractivity contribution is 7.26. The van der Waals surface area contributed by atoms with Crippen LogP contribution in [0.2, 0.25) is 0 Å². The van der Waals surface area contributed by atoms with Gasteiger partial charge < -0.3 is 4.90 Å². The molecule has 0 N–H and O–H groups in total. The van der Waals surface area contributed by atoms with E-state index in [0.717, 1.165) is 5.69 Å². The largest absolute Gasteiger partial charge is 0.309 e. The molecule has 0 aliphatic rings. The van der Waals surface area contributed by atoms with Crippen molar-refractivity contribution in [3.63, 3.8) is 0 Å². The van der Waals surface area contributed by atoms with Crippen LogP contribution in [0.1, 0.15) is 0 Å². The van der Waals surface area contributed by atoms with Gasteiger partial charge >= 0.3 is 0 Å². The minimum Gasteiger partial charge on any atom is -0.309 e. The van der Waals surface area contributed by atoms with E-state index in [1.54, 1.807) is 0 Å². The molecule has 1 nitrogen and oxygen atoms in total. The molecule has 1 aromatic heterocycles. The molecule has 0 fully saturated rings. The minimum atomic E-state index is 1.14. The molecular weight excluding hydrogens is 502 g/mol. The average Bonchev–Trinajstić information content (AvgIpc) is 3.41. The summed E-state index contributed by atoms with van der Waals surface area (Å²) in [5, 5.41) is 7.63. The molecule has 0 amide bonds. The molecule has 0 bridgehead atoms. The second-order valence-corrected chi connectivity index (χ2v) is 11.2. The first-order chi connectivity index (χ1) is 19.9. The Hall–Kier alpha value is -4.92. The molecule has 0 spiro atoms. The molecule has 7 aromatic carbocycles. The van der Waals surface area contributed by atoms with Crippen molar-refractivity contribution in [2.24, 2.45) is 0 Å². The second kappa shape index (κ2) is 9.37. The van der Waals surface area contributed by atoms with Crippen molar-refractivity contribution in [2.45, 2.75) is 0 Å². The zero-order valence-electron chi connectivity index (χ0n) is 21.8. The third-order valence-corrected chi connectivity index (χ3v) is 9.03. The van der Waals surface area contributed by atoms with Gasteiger partial charge in [-0.05, 0) is 46.8 Å². The molecular formula is C38H25NS. The molecule has 0 radical (unpaired) electrons. The highest BCUT2D eigenvalue weighted by Crippen LogP contribution is 2.49. The molecule has 0 saturated heterocycles. The van der Waals surface area contributed by atoms with Gasteiger partial charge in [-0.15, -0.1) is 11.3 Å². The summed E-state index contributed by atoms with van der Waals surface area (Å²) in [5.41, 5.74) is 6.04. The maximum atomic E-state index is 2.44. The Morgan fingerprint density at radius 1 is 0.450 bits per heavy atom. The van der Waals surface area contributed by atoms with Gasteiger partial charge in [0.15, 0.2) is 0 Å². The number of hydrogen-bond acceptors (Lipinski definition) is 2. The van der Waals surface area contributed by atoms with E-state index in [1.807, 2.05) is 11.3 Å². The van der Waals surface area contributed by atoms with E-state index in [9.17, 15) is 0 Å². The Morgan fingerprint density at radius 2 is 1.10 bits per heavy atom. The van der Waals surface area contributed by atoms with Crippen LogP contribution in [0.15, 0.2) is 152 Å². The van der Waals surface area contributed by atoms with Crippen molar-refractivity contribution in [3.8, 4) is 11.1 Å². The van der Waals surface area contributed by atoms with Crippen molar-refractivity contribution >= 4 is 70.1 Å². The van der Waals surface area contributed by atoms with E-state index in [-0.39, 0.29) is 0 Å². The van der Waals surface area contributed by atoms with E-state index in [0.29, 0.717) is 0 Å². The summed E-state index contributed by atoms with van der Waals surface area (Å²) in [5.74, 6) is 0. The third kappa shape index (κ3) is 3.61. The van der Waals surface area contributed by atoms with Gasteiger partial charge in [-0.2, -0.15) is 0 Å². The summed E-state index contributed by atoms with van der Waals surface area (Å²) in [6.45, 7) is 0. The number of hydrogen-bond donors (Lipinski definition) is 0. The van der Waals surface area contributed by atoms with Crippen molar-refractivity contribution in [1.29, 1.82) is 0 Å². The molecule has 8 aromatic rings. The highest BCUT2D eigenvalue weighted by Gasteiger charge is 2.21. The normalized spacial score (nSPS) is 11.5. The van der Waals surface area contributed by atoms with Gasteiger partial charge in [0, 0.05) is 42.0 Å². The fourth-order valence-corrected chi connectivity index (χ4v) is 7.31. The van der Waals surface area contributed by atoms with Crippen LogP contribution in [0, 0.1) is 0 Å². The smallest absolute Gasteiger partial charge is 0.0547 e. The summed E-state index contributed by atoms with van der Waals surface area (Å²) >= 11 is 1.90. The van der Waals surface area contributed by atoms with E-state index in [4.69, 9.17) is 0 Å². The van der Waals surface area contributed by atoms with Gasteiger partial charge in [0.2, 0.25) is 0 Å². The standard InChI is InChI=1S/C38H25NS/c1-3-13-27(14-4-1)30-22-12-24-36-37(30)33-25-35(31-20-9-10-21-32(31)38(33)40-36)39(28-17-5-2-6-18-28)34-23-11-16-26-15-7-8-19-29(26)34/h1-25H. The summed E-state index contributed by atoms with van der Waals surface area (Å²) in [6, 6.07) is 54.8. The van der Waals surface area contributed by atoms with Crippen molar-refractivity contribution < 1.29 is 0 Å².